The molecule has 8 heteroatoms. The second-order valence-corrected chi connectivity index (χ2v) is 7.59. The molecule has 1 aromatic heterocycles. The van der Waals surface area contributed by atoms with Crippen molar-refractivity contribution in [1.82, 2.24) is 4.90 Å². The number of halogens is 1. The predicted octanol–water partition coefficient (Wildman–Crippen LogP) is 4.28. The molecule has 0 aliphatic carbocycles. The van der Waals surface area contributed by atoms with Gasteiger partial charge >= 0.3 is 0 Å². The molecule has 0 fully saturated rings. The predicted molar refractivity (Wildman–Crippen MR) is 110 cm³/mol. The molecule has 1 amide bonds. The molecule has 0 unspecified atom stereocenters. The highest BCUT2D eigenvalue weighted by Gasteiger charge is 2.15. The van der Waals surface area contributed by atoms with Gasteiger partial charge in [0.1, 0.15) is 0 Å². The smallest absolute Gasteiger partial charge is 0.225 e. The number of benzene rings is 1. The first-order valence-electron chi connectivity index (χ1n) is 8.57. The van der Waals surface area contributed by atoms with E-state index in [1.54, 1.807) is 44.8 Å². The van der Waals surface area contributed by atoms with Gasteiger partial charge in [0.05, 0.1) is 25.7 Å². The van der Waals surface area contributed by atoms with Crippen LogP contribution in [0.5, 0.6) is 17.2 Å². The van der Waals surface area contributed by atoms with Crippen LogP contribution in [0.1, 0.15) is 18.2 Å². The fourth-order valence-corrected chi connectivity index (χ4v) is 3.77. The lowest BCUT2D eigenvalue weighted by Gasteiger charge is -2.19. The molecule has 0 saturated carbocycles. The first kappa shape index (κ1) is 21.3. The summed E-state index contributed by atoms with van der Waals surface area (Å²) in [6.45, 7) is 4.37. The van der Waals surface area contributed by atoms with Gasteiger partial charge in [0.15, 0.2) is 11.5 Å². The van der Waals surface area contributed by atoms with Crippen molar-refractivity contribution >= 4 is 34.5 Å². The van der Waals surface area contributed by atoms with Gasteiger partial charge in [-0.2, -0.15) is 0 Å². The summed E-state index contributed by atoms with van der Waals surface area (Å²) in [6, 6.07) is 7.34. The van der Waals surface area contributed by atoms with E-state index < -0.39 is 0 Å². The zero-order valence-electron chi connectivity index (χ0n) is 16.0. The number of nitrogens with zero attached hydrogens (tertiary/aromatic N) is 1. The van der Waals surface area contributed by atoms with E-state index in [0.717, 1.165) is 17.4 Å². The minimum Gasteiger partial charge on any atom is -0.493 e. The third-order valence-corrected chi connectivity index (χ3v) is 5.27. The van der Waals surface area contributed by atoms with Gasteiger partial charge in [0, 0.05) is 42.2 Å². The topological polar surface area (TPSA) is 60.0 Å². The molecule has 27 heavy (non-hydrogen) atoms. The monoisotopic (exact) mass is 412 g/mol. The summed E-state index contributed by atoms with van der Waals surface area (Å²) in [4.78, 5) is 15.8. The van der Waals surface area contributed by atoms with Crippen molar-refractivity contribution in [1.29, 1.82) is 0 Å². The summed E-state index contributed by atoms with van der Waals surface area (Å²) < 4.78 is 16.7. The van der Waals surface area contributed by atoms with Crippen LogP contribution in [0.4, 0.5) is 5.69 Å². The van der Waals surface area contributed by atoms with E-state index in [9.17, 15) is 4.79 Å². The van der Waals surface area contributed by atoms with Crippen molar-refractivity contribution < 1.29 is 19.0 Å². The number of hydrogen-bond acceptors (Lipinski definition) is 6. The number of hydrogen-bond donors (Lipinski definition) is 1. The van der Waals surface area contributed by atoms with Gasteiger partial charge in [-0.15, -0.1) is 11.3 Å². The molecule has 1 N–H and O–H groups in total. The van der Waals surface area contributed by atoms with Gasteiger partial charge in [-0.25, -0.2) is 0 Å². The summed E-state index contributed by atoms with van der Waals surface area (Å²) >= 11 is 7.55. The third kappa shape index (κ3) is 6.02. The Morgan fingerprint density at radius 1 is 1.15 bits per heavy atom. The van der Waals surface area contributed by atoms with Gasteiger partial charge in [0.25, 0.3) is 0 Å². The summed E-state index contributed by atoms with van der Waals surface area (Å²) in [5.41, 5.74) is 0.600. The van der Waals surface area contributed by atoms with Crippen molar-refractivity contribution in [2.24, 2.45) is 0 Å². The first-order valence-corrected chi connectivity index (χ1v) is 9.76. The van der Waals surface area contributed by atoms with Crippen molar-refractivity contribution in [3.8, 4) is 17.2 Å². The number of rotatable bonds is 10. The van der Waals surface area contributed by atoms with Crippen LogP contribution < -0.4 is 19.5 Å². The van der Waals surface area contributed by atoms with Crippen LogP contribution in [0.25, 0.3) is 0 Å². The minimum atomic E-state index is -0.0769. The third-order valence-electron chi connectivity index (χ3n) is 4.06. The second-order valence-electron chi connectivity index (χ2n) is 5.79. The molecule has 0 atom stereocenters. The van der Waals surface area contributed by atoms with E-state index in [0.29, 0.717) is 35.9 Å². The van der Waals surface area contributed by atoms with Crippen LogP contribution >= 0.6 is 22.9 Å². The molecular weight excluding hydrogens is 388 g/mol. The van der Waals surface area contributed by atoms with Crippen LogP contribution in [-0.2, 0) is 11.3 Å². The largest absolute Gasteiger partial charge is 0.493 e. The van der Waals surface area contributed by atoms with Crippen molar-refractivity contribution in [2.75, 3.05) is 39.7 Å². The maximum Gasteiger partial charge on any atom is 0.225 e. The zero-order valence-corrected chi connectivity index (χ0v) is 17.6. The molecule has 2 rings (SSSR count). The molecule has 148 valence electrons. The van der Waals surface area contributed by atoms with E-state index in [1.807, 2.05) is 12.1 Å². The molecule has 0 bridgehead atoms. The zero-order chi connectivity index (χ0) is 19.8. The number of ether oxygens (including phenoxy) is 3. The molecule has 2 aromatic rings. The SMILES string of the molecule is CCN(CCC(=O)Nc1cc(OC)c(OC)c(OC)c1)Cc1ccc(Cl)s1. The number of nitrogens with one attached hydrogen (secondary N) is 1. The highest BCUT2D eigenvalue weighted by molar-refractivity contribution is 7.16. The molecule has 0 spiro atoms. The lowest BCUT2D eigenvalue weighted by Crippen LogP contribution is -2.27. The number of amides is 1. The Morgan fingerprint density at radius 2 is 1.81 bits per heavy atom. The lowest BCUT2D eigenvalue weighted by molar-refractivity contribution is -0.116. The van der Waals surface area contributed by atoms with Gasteiger partial charge in [-0.1, -0.05) is 18.5 Å². The average Bonchev–Trinajstić information content (AvgIpc) is 3.08. The maximum absolute atomic E-state index is 12.4. The molecular formula is C19H25ClN2O4S. The minimum absolute atomic E-state index is 0.0769. The fraction of sp³-hybridized carbons (Fsp3) is 0.421. The Bertz CT molecular complexity index is 741. The molecule has 1 heterocycles. The summed E-state index contributed by atoms with van der Waals surface area (Å²) in [5.74, 6) is 1.41. The Morgan fingerprint density at radius 3 is 2.30 bits per heavy atom. The van der Waals surface area contributed by atoms with Crippen molar-refractivity contribution in [3.05, 3.63) is 33.5 Å². The van der Waals surface area contributed by atoms with Crippen LogP contribution in [0.15, 0.2) is 24.3 Å². The van der Waals surface area contributed by atoms with Crippen molar-refractivity contribution in [2.45, 2.75) is 19.9 Å². The lowest BCUT2D eigenvalue weighted by atomic mass is 10.2. The second kappa shape index (κ2) is 10.4. The molecule has 0 aliphatic rings. The molecule has 1 aromatic carbocycles. The van der Waals surface area contributed by atoms with Crippen LogP contribution in [0, 0.1) is 0 Å². The van der Waals surface area contributed by atoms with Crippen molar-refractivity contribution in [3.63, 3.8) is 0 Å². The number of carbonyl (C=O) groups is 1. The Balaban J connectivity index is 1.96. The first-order chi connectivity index (χ1) is 13.0. The van der Waals surface area contributed by atoms with Crippen LogP contribution in [0.2, 0.25) is 4.34 Å². The Hall–Kier alpha value is -1.96. The van der Waals surface area contributed by atoms with E-state index in [-0.39, 0.29) is 5.91 Å². The standard InChI is InChI=1S/C19H25ClN2O4S/c1-5-22(12-14-6-7-17(20)27-14)9-8-18(23)21-13-10-15(24-2)19(26-4)16(11-13)25-3/h6-7,10-11H,5,8-9,12H2,1-4H3,(H,21,23). The highest BCUT2D eigenvalue weighted by Crippen LogP contribution is 2.39. The average molecular weight is 413 g/mol. The fourth-order valence-electron chi connectivity index (χ4n) is 2.64. The van der Waals surface area contributed by atoms with Crippen LogP contribution in [0.3, 0.4) is 0 Å². The molecule has 0 aliphatic heterocycles. The quantitative estimate of drug-likeness (QED) is 0.631. The van der Waals surface area contributed by atoms with Gasteiger partial charge in [0.2, 0.25) is 11.7 Å². The summed E-state index contributed by atoms with van der Waals surface area (Å²) in [7, 11) is 4.62. The maximum atomic E-state index is 12.4. The molecule has 0 radical (unpaired) electrons. The van der Waals surface area contributed by atoms with Gasteiger partial charge in [-0.05, 0) is 18.7 Å². The van der Waals surface area contributed by atoms with Gasteiger partial charge < -0.3 is 19.5 Å². The van der Waals surface area contributed by atoms with E-state index in [2.05, 4.69) is 17.1 Å². The summed E-state index contributed by atoms with van der Waals surface area (Å²) in [6.07, 6.45) is 0.379. The Kier molecular flexibility index (Phi) is 8.22. The number of thiophene rings is 1. The van der Waals surface area contributed by atoms with Crippen LogP contribution in [-0.4, -0.2) is 45.2 Å². The summed E-state index contributed by atoms with van der Waals surface area (Å²) in [5, 5.41) is 2.89. The molecule has 0 saturated heterocycles. The van der Waals surface area contributed by atoms with E-state index >= 15 is 0 Å². The number of methoxy groups -OCH3 is 3. The van der Waals surface area contributed by atoms with E-state index in [4.69, 9.17) is 25.8 Å². The van der Waals surface area contributed by atoms with Gasteiger partial charge in [-0.3, -0.25) is 9.69 Å². The van der Waals surface area contributed by atoms with E-state index in [1.165, 1.54) is 4.88 Å². The number of anilines is 1. The number of carbonyl (C=O) groups excluding carboxylic acids is 1. The Labute approximate surface area is 169 Å². The highest BCUT2D eigenvalue weighted by atomic mass is 35.5. The normalized spacial score (nSPS) is 10.7. The molecule has 6 nitrogen and oxygen atoms in total.